The fourth-order valence-corrected chi connectivity index (χ4v) is 2.37. The maximum atomic E-state index is 13.4. The van der Waals surface area contributed by atoms with Crippen molar-refractivity contribution in [2.75, 3.05) is 7.05 Å². The minimum atomic E-state index is -0.448. The first kappa shape index (κ1) is 15.0. The van der Waals surface area contributed by atoms with Crippen molar-refractivity contribution in [3.8, 4) is 0 Å². The molecular weight excluding hydrogens is 345 g/mol. The van der Waals surface area contributed by atoms with Crippen molar-refractivity contribution in [1.82, 2.24) is 4.90 Å². The summed E-state index contributed by atoms with van der Waals surface area (Å²) in [6, 6.07) is 11.7. The molecule has 0 aliphatic rings. The van der Waals surface area contributed by atoms with Crippen LogP contribution in [0.3, 0.4) is 0 Å². The molecule has 0 bridgehead atoms. The molecule has 0 saturated carbocycles. The zero-order valence-electron chi connectivity index (χ0n) is 10.7. The van der Waals surface area contributed by atoms with Gasteiger partial charge < -0.3 is 4.90 Å². The molecule has 0 heterocycles. The summed E-state index contributed by atoms with van der Waals surface area (Å²) in [5.74, 6) is -0.693. The maximum Gasteiger partial charge on any atom is 0.255 e. The Balaban J connectivity index is 2.16. The van der Waals surface area contributed by atoms with Crippen LogP contribution in [0, 0.1) is 5.82 Å². The number of rotatable bonds is 3. The van der Waals surface area contributed by atoms with Crippen LogP contribution in [-0.2, 0) is 6.54 Å². The van der Waals surface area contributed by atoms with Gasteiger partial charge in [-0.25, -0.2) is 4.39 Å². The predicted molar refractivity (Wildman–Crippen MR) is 81.3 cm³/mol. The Bertz CT molecular complexity index is 630. The van der Waals surface area contributed by atoms with Crippen LogP contribution < -0.4 is 0 Å². The highest BCUT2D eigenvalue weighted by Gasteiger charge is 2.17. The van der Waals surface area contributed by atoms with Crippen LogP contribution in [0.15, 0.2) is 46.9 Å². The molecule has 0 aliphatic carbocycles. The number of hydrogen-bond donors (Lipinski definition) is 0. The van der Waals surface area contributed by atoms with Gasteiger partial charge in [0.2, 0.25) is 0 Å². The fraction of sp³-hybridized carbons (Fsp3) is 0.133. The topological polar surface area (TPSA) is 20.3 Å². The zero-order valence-corrected chi connectivity index (χ0v) is 13.1. The third-order valence-corrected chi connectivity index (χ3v) is 3.92. The highest BCUT2D eigenvalue weighted by molar-refractivity contribution is 9.10. The van der Waals surface area contributed by atoms with Crippen molar-refractivity contribution in [1.29, 1.82) is 0 Å². The third kappa shape index (κ3) is 3.38. The van der Waals surface area contributed by atoms with Gasteiger partial charge in [-0.15, -0.1) is 0 Å². The van der Waals surface area contributed by atoms with Gasteiger partial charge >= 0.3 is 0 Å². The molecular formula is C15H12BrClFNO. The van der Waals surface area contributed by atoms with Crippen LogP contribution in [0.25, 0.3) is 0 Å². The second kappa shape index (κ2) is 6.37. The standard InChI is InChI=1S/C15H12BrClFNO/c1-19(9-10-5-7-11(17)8-6-10)15(20)12-3-2-4-13(18)14(12)16/h2-8H,9H2,1H3. The molecule has 0 aliphatic heterocycles. The van der Waals surface area contributed by atoms with Gasteiger partial charge in [0.15, 0.2) is 0 Å². The zero-order chi connectivity index (χ0) is 14.7. The molecule has 0 radical (unpaired) electrons. The average Bonchev–Trinajstić information content (AvgIpc) is 2.43. The second-order valence-corrected chi connectivity index (χ2v) is 5.62. The van der Waals surface area contributed by atoms with E-state index in [1.54, 1.807) is 25.2 Å². The molecule has 0 unspecified atom stereocenters. The lowest BCUT2D eigenvalue weighted by Gasteiger charge is -2.18. The van der Waals surface area contributed by atoms with E-state index in [4.69, 9.17) is 11.6 Å². The Hall–Kier alpha value is -1.39. The normalized spacial score (nSPS) is 10.4. The molecule has 0 saturated heterocycles. The van der Waals surface area contributed by atoms with Crippen molar-refractivity contribution >= 4 is 33.4 Å². The van der Waals surface area contributed by atoms with Crippen LogP contribution in [0.4, 0.5) is 4.39 Å². The van der Waals surface area contributed by atoms with E-state index in [2.05, 4.69) is 15.9 Å². The molecule has 2 rings (SSSR count). The van der Waals surface area contributed by atoms with E-state index in [0.717, 1.165) is 5.56 Å². The largest absolute Gasteiger partial charge is 0.337 e. The number of hydrogen-bond acceptors (Lipinski definition) is 1. The van der Waals surface area contributed by atoms with E-state index in [-0.39, 0.29) is 10.4 Å². The van der Waals surface area contributed by atoms with Crippen molar-refractivity contribution in [2.45, 2.75) is 6.54 Å². The summed E-state index contributed by atoms with van der Waals surface area (Å²) < 4.78 is 13.6. The lowest BCUT2D eigenvalue weighted by molar-refractivity contribution is 0.0783. The maximum absolute atomic E-state index is 13.4. The summed E-state index contributed by atoms with van der Waals surface area (Å²) in [7, 11) is 1.67. The number of nitrogens with zero attached hydrogens (tertiary/aromatic N) is 1. The quantitative estimate of drug-likeness (QED) is 0.792. The molecule has 2 aromatic carbocycles. The molecule has 0 aromatic heterocycles. The number of carbonyl (C=O) groups excluding carboxylic acids is 1. The highest BCUT2D eigenvalue weighted by atomic mass is 79.9. The molecule has 0 atom stereocenters. The van der Waals surface area contributed by atoms with Crippen molar-refractivity contribution in [3.05, 3.63) is 68.9 Å². The SMILES string of the molecule is CN(Cc1ccc(Cl)cc1)C(=O)c1cccc(F)c1Br. The first-order valence-corrected chi connectivity index (χ1v) is 7.10. The van der Waals surface area contributed by atoms with Gasteiger partial charge in [0, 0.05) is 18.6 Å². The number of amides is 1. The summed E-state index contributed by atoms with van der Waals surface area (Å²) in [5, 5.41) is 0.649. The Labute approximate surface area is 130 Å². The highest BCUT2D eigenvalue weighted by Crippen LogP contribution is 2.22. The summed E-state index contributed by atoms with van der Waals surface area (Å²) in [6.45, 7) is 0.430. The second-order valence-electron chi connectivity index (χ2n) is 4.39. The molecule has 0 N–H and O–H groups in total. The molecule has 0 fully saturated rings. The van der Waals surface area contributed by atoms with Crippen molar-refractivity contribution in [2.24, 2.45) is 0 Å². The molecule has 0 spiro atoms. The Morgan fingerprint density at radius 1 is 1.25 bits per heavy atom. The monoisotopic (exact) mass is 355 g/mol. The van der Waals surface area contributed by atoms with Gasteiger partial charge in [-0.3, -0.25) is 4.79 Å². The summed E-state index contributed by atoms with van der Waals surface area (Å²) in [6.07, 6.45) is 0. The van der Waals surface area contributed by atoms with Crippen molar-refractivity contribution < 1.29 is 9.18 Å². The van der Waals surface area contributed by atoms with Crippen molar-refractivity contribution in [3.63, 3.8) is 0 Å². The summed E-state index contributed by atoms with van der Waals surface area (Å²) in [4.78, 5) is 13.8. The molecule has 20 heavy (non-hydrogen) atoms. The van der Waals surface area contributed by atoms with E-state index < -0.39 is 5.82 Å². The number of halogens is 3. The summed E-state index contributed by atoms with van der Waals surface area (Å²) in [5.41, 5.74) is 1.26. The minimum absolute atomic E-state index is 0.188. The van der Waals surface area contributed by atoms with Gasteiger partial charge in [0.25, 0.3) is 5.91 Å². The lowest BCUT2D eigenvalue weighted by Crippen LogP contribution is -2.26. The van der Waals surface area contributed by atoms with E-state index in [0.29, 0.717) is 17.1 Å². The van der Waals surface area contributed by atoms with Crippen LogP contribution >= 0.6 is 27.5 Å². The van der Waals surface area contributed by atoms with Gasteiger partial charge in [0.1, 0.15) is 5.82 Å². The molecule has 2 nitrogen and oxygen atoms in total. The number of carbonyl (C=O) groups is 1. The lowest BCUT2D eigenvalue weighted by atomic mass is 10.1. The average molecular weight is 357 g/mol. The predicted octanol–water partition coefficient (Wildman–Crippen LogP) is 4.51. The van der Waals surface area contributed by atoms with Crippen LogP contribution in [0.1, 0.15) is 15.9 Å². The van der Waals surface area contributed by atoms with E-state index in [9.17, 15) is 9.18 Å². The van der Waals surface area contributed by atoms with E-state index >= 15 is 0 Å². The van der Waals surface area contributed by atoms with Gasteiger partial charge in [0.05, 0.1) is 10.0 Å². The van der Waals surface area contributed by atoms with Crippen LogP contribution in [-0.4, -0.2) is 17.9 Å². The van der Waals surface area contributed by atoms with Crippen LogP contribution in [0.5, 0.6) is 0 Å². The van der Waals surface area contributed by atoms with E-state index in [1.807, 2.05) is 12.1 Å². The first-order chi connectivity index (χ1) is 9.49. The Morgan fingerprint density at radius 3 is 2.55 bits per heavy atom. The Kier molecular flexibility index (Phi) is 4.78. The van der Waals surface area contributed by atoms with Gasteiger partial charge in [-0.05, 0) is 45.8 Å². The van der Waals surface area contributed by atoms with Gasteiger partial charge in [-0.1, -0.05) is 29.8 Å². The van der Waals surface area contributed by atoms with E-state index in [1.165, 1.54) is 17.0 Å². The van der Waals surface area contributed by atoms with Crippen LogP contribution in [0.2, 0.25) is 5.02 Å². The minimum Gasteiger partial charge on any atom is -0.337 e. The fourth-order valence-electron chi connectivity index (χ4n) is 1.81. The Morgan fingerprint density at radius 2 is 1.90 bits per heavy atom. The number of benzene rings is 2. The van der Waals surface area contributed by atoms with Gasteiger partial charge in [-0.2, -0.15) is 0 Å². The molecule has 104 valence electrons. The molecule has 1 amide bonds. The molecule has 5 heteroatoms. The first-order valence-electron chi connectivity index (χ1n) is 5.93. The summed E-state index contributed by atoms with van der Waals surface area (Å²) >= 11 is 8.92. The smallest absolute Gasteiger partial charge is 0.255 e. The molecule has 2 aromatic rings. The third-order valence-electron chi connectivity index (χ3n) is 2.86.